The van der Waals surface area contributed by atoms with E-state index >= 15 is 0 Å². The molecule has 0 aromatic heterocycles. The van der Waals surface area contributed by atoms with Crippen molar-refractivity contribution in [3.63, 3.8) is 0 Å². The first kappa shape index (κ1) is 24.2. The maximum atomic E-state index is 13.2. The van der Waals surface area contributed by atoms with E-state index in [0.29, 0.717) is 16.9 Å². The molecule has 0 fully saturated rings. The minimum atomic E-state index is -0.976. The highest BCUT2D eigenvalue weighted by molar-refractivity contribution is 6.15. The lowest BCUT2D eigenvalue weighted by atomic mass is 9.87. The topological polar surface area (TPSA) is 58.2 Å². The van der Waals surface area contributed by atoms with E-state index in [4.69, 9.17) is 0 Å². The molecule has 0 aliphatic carbocycles. The molecule has 3 aromatic carbocycles. The molecule has 0 bridgehead atoms. The number of anilines is 2. The third-order valence-corrected chi connectivity index (χ3v) is 5.69. The summed E-state index contributed by atoms with van der Waals surface area (Å²) in [5.41, 5.74) is 4.38. The lowest BCUT2D eigenvalue weighted by molar-refractivity contribution is -0.125. The Morgan fingerprint density at radius 2 is 0.939 bits per heavy atom. The molecular formula is C29H34N2O2. The maximum absolute atomic E-state index is 13.2. The molecule has 0 unspecified atom stereocenters. The van der Waals surface area contributed by atoms with Crippen LogP contribution in [-0.4, -0.2) is 11.8 Å². The molecule has 0 radical (unpaired) electrons. The summed E-state index contributed by atoms with van der Waals surface area (Å²) in [6.45, 7) is 12.9. The van der Waals surface area contributed by atoms with Crippen LogP contribution in [0, 0.1) is 0 Å². The van der Waals surface area contributed by atoms with Gasteiger partial charge in [0.15, 0.2) is 0 Å². The van der Waals surface area contributed by atoms with E-state index in [1.165, 1.54) is 11.1 Å². The second-order valence-corrected chi connectivity index (χ2v) is 10.5. The summed E-state index contributed by atoms with van der Waals surface area (Å²) in [5, 5.41) is 5.83. The third kappa shape index (κ3) is 6.32. The number of amides is 2. The molecule has 3 rings (SSSR count). The Labute approximate surface area is 197 Å². The second-order valence-electron chi connectivity index (χ2n) is 10.5. The molecule has 0 aliphatic heterocycles. The van der Waals surface area contributed by atoms with Gasteiger partial charge in [-0.15, -0.1) is 0 Å². The Balaban J connectivity index is 1.81. The molecule has 3 aromatic rings. The summed E-state index contributed by atoms with van der Waals surface area (Å²) >= 11 is 0. The van der Waals surface area contributed by atoms with Gasteiger partial charge >= 0.3 is 0 Å². The number of carbonyl (C=O) groups excluding carboxylic acids is 2. The Morgan fingerprint density at radius 3 is 1.27 bits per heavy atom. The van der Waals surface area contributed by atoms with Gasteiger partial charge in [0, 0.05) is 11.4 Å². The van der Waals surface area contributed by atoms with Crippen LogP contribution in [0.3, 0.4) is 0 Å². The van der Waals surface area contributed by atoms with Crippen LogP contribution in [0.15, 0.2) is 78.9 Å². The fraction of sp³-hybridized carbons (Fsp3) is 0.310. The quantitative estimate of drug-likeness (QED) is 0.435. The van der Waals surface area contributed by atoms with Crippen molar-refractivity contribution in [3.05, 3.63) is 95.6 Å². The molecule has 172 valence electrons. The highest BCUT2D eigenvalue weighted by atomic mass is 16.2. The zero-order valence-corrected chi connectivity index (χ0v) is 20.4. The van der Waals surface area contributed by atoms with Crippen LogP contribution in [0.25, 0.3) is 0 Å². The second kappa shape index (κ2) is 9.62. The molecule has 0 heterocycles. The molecule has 4 heteroatoms. The molecule has 2 amide bonds. The Hall–Kier alpha value is -3.40. The molecular weight excluding hydrogens is 408 g/mol. The van der Waals surface area contributed by atoms with Crippen molar-refractivity contribution in [2.45, 2.75) is 58.3 Å². The van der Waals surface area contributed by atoms with E-state index in [2.05, 4.69) is 52.2 Å². The van der Waals surface area contributed by atoms with Crippen LogP contribution in [-0.2, 0) is 20.4 Å². The predicted octanol–water partition coefficient (Wildman–Crippen LogP) is 6.64. The van der Waals surface area contributed by atoms with Gasteiger partial charge in [0.05, 0.1) is 0 Å². The van der Waals surface area contributed by atoms with Gasteiger partial charge in [0.1, 0.15) is 5.92 Å². The summed E-state index contributed by atoms with van der Waals surface area (Å²) in [5.74, 6) is -1.71. The summed E-state index contributed by atoms with van der Waals surface area (Å²) < 4.78 is 0. The average Bonchev–Trinajstić information content (AvgIpc) is 2.74. The van der Waals surface area contributed by atoms with Gasteiger partial charge in [-0.3, -0.25) is 9.59 Å². The van der Waals surface area contributed by atoms with E-state index < -0.39 is 5.92 Å². The van der Waals surface area contributed by atoms with Gasteiger partial charge < -0.3 is 10.6 Å². The van der Waals surface area contributed by atoms with Crippen LogP contribution in [0.2, 0.25) is 0 Å². The van der Waals surface area contributed by atoms with Gasteiger partial charge in [0.2, 0.25) is 11.8 Å². The van der Waals surface area contributed by atoms with Crippen LogP contribution < -0.4 is 10.6 Å². The van der Waals surface area contributed by atoms with Gasteiger partial charge in [-0.1, -0.05) is 96.1 Å². The fourth-order valence-corrected chi connectivity index (χ4v) is 3.60. The van der Waals surface area contributed by atoms with Crippen LogP contribution >= 0.6 is 0 Å². The van der Waals surface area contributed by atoms with Crippen molar-refractivity contribution in [2.75, 3.05) is 10.6 Å². The largest absolute Gasteiger partial charge is 0.325 e. The minimum Gasteiger partial charge on any atom is -0.325 e. The number of rotatable bonds is 5. The zero-order valence-electron chi connectivity index (χ0n) is 20.4. The number of benzene rings is 3. The summed E-state index contributed by atoms with van der Waals surface area (Å²) in [6, 6.07) is 24.7. The molecule has 4 nitrogen and oxygen atoms in total. The molecule has 0 saturated heterocycles. The van der Waals surface area contributed by atoms with Crippen molar-refractivity contribution in [1.82, 2.24) is 0 Å². The number of hydrogen-bond acceptors (Lipinski definition) is 2. The van der Waals surface area contributed by atoms with Crippen LogP contribution in [0.4, 0.5) is 11.4 Å². The molecule has 0 spiro atoms. The molecule has 0 saturated carbocycles. The van der Waals surface area contributed by atoms with Crippen molar-refractivity contribution in [3.8, 4) is 0 Å². The van der Waals surface area contributed by atoms with Crippen molar-refractivity contribution in [1.29, 1.82) is 0 Å². The monoisotopic (exact) mass is 442 g/mol. The van der Waals surface area contributed by atoms with E-state index in [1.807, 2.05) is 66.7 Å². The standard InChI is InChI=1S/C29H34N2O2/c1-28(2,3)21-12-16-23(17-13-21)30-26(32)25(20-10-8-7-9-11-20)27(33)31-24-18-14-22(15-19-24)29(4,5)6/h7-19,25H,1-6H3,(H,30,32)(H,31,33). The lowest BCUT2D eigenvalue weighted by Crippen LogP contribution is -2.32. The van der Waals surface area contributed by atoms with Gasteiger partial charge in [-0.2, -0.15) is 0 Å². The molecule has 0 atom stereocenters. The van der Waals surface area contributed by atoms with Crippen LogP contribution in [0.5, 0.6) is 0 Å². The van der Waals surface area contributed by atoms with E-state index in [1.54, 1.807) is 12.1 Å². The van der Waals surface area contributed by atoms with E-state index in [0.717, 1.165) is 0 Å². The Kier molecular flexibility index (Phi) is 7.06. The van der Waals surface area contributed by atoms with Gasteiger partial charge in [-0.05, 0) is 51.8 Å². The molecule has 0 aliphatic rings. The van der Waals surface area contributed by atoms with Crippen LogP contribution in [0.1, 0.15) is 64.2 Å². The van der Waals surface area contributed by atoms with E-state index in [9.17, 15) is 9.59 Å². The smallest absolute Gasteiger partial charge is 0.241 e. The summed E-state index contributed by atoms with van der Waals surface area (Å²) in [7, 11) is 0. The summed E-state index contributed by atoms with van der Waals surface area (Å²) in [6.07, 6.45) is 0. The predicted molar refractivity (Wildman–Crippen MR) is 137 cm³/mol. The highest BCUT2D eigenvalue weighted by Gasteiger charge is 2.29. The first-order chi connectivity index (χ1) is 15.4. The Morgan fingerprint density at radius 1 is 0.576 bits per heavy atom. The third-order valence-electron chi connectivity index (χ3n) is 5.69. The van der Waals surface area contributed by atoms with Crippen molar-refractivity contribution in [2.24, 2.45) is 0 Å². The molecule has 33 heavy (non-hydrogen) atoms. The lowest BCUT2D eigenvalue weighted by Gasteiger charge is -2.21. The number of hydrogen-bond donors (Lipinski definition) is 2. The SMILES string of the molecule is CC(C)(C)c1ccc(NC(=O)C(C(=O)Nc2ccc(C(C)(C)C)cc2)c2ccccc2)cc1. The first-order valence-corrected chi connectivity index (χ1v) is 11.3. The van der Waals surface area contributed by atoms with E-state index in [-0.39, 0.29) is 22.6 Å². The number of nitrogens with one attached hydrogen (secondary N) is 2. The maximum Gasteiger partial charge on any atom is 0.241 e. The van der Waals surface area contributed by atoms with Crippen molar-refractivity contribution >= 4 is 23.2 Å². The zero-order chi connectivity index (χ0) is 24.2. The Bertz CT molecular complexity index is 1020. The van der Waals surface area contributed by atoms with Gasteiger partial charge in [-0.25, -0.2) is 0 Å². The summed E-state index contributed by atoms with van der Waals surface area (Å²) in [4.78, 5) is 26.5. The highest BCUT2D eigenvalue weighted by Crippen LogP contribution is 2.26. The molecule has 2 N–H and O–H groups in total. The van der Waals surface area contributed by atoms with Crippen molar-refractivity contribution < 1.29 is 9.59 Å². The first-order valence-electron chi connectivity index (χ1n) is 11.3. The van der Waals surface area contributed by atoms with Gasteiger partial charge in [0.25, 0.3) is 0 Å². The average molecular weight is 443 g/mol. The minimum absolute atomic E-state index is 0.0253. The number of carbonyl (C=O) groups is 2. The fourth-order valence-electron chi connectivity index (χ4n) is 3.60. The normalized spacial score (nSPS) is 11.8.